The molecule has 15 heavy (non-hydrogen) atoms. The highest BCUT2D eigenvalue weighted by Crippen LogP contribution is 2.64. The summed E-state index contributed by atoms with van der Waals surface area (Å²) in [5, 5.41) is 0. The van der Waals surface area contributed by atoms with Crippen LogP contribution < -0.4 is 0 Å². The minimum atomic E-state index is 0.266. The van der Waals surface area contributed by atoms with Gasteiger partial charge in [0, 0.05) is 29.7 Å². The van der Waals surface area contributed by atoms with E-state index in [0.29, 0.717) is 5.41 Å². The van der Waals surface area contributed by atoms with Gasteiger partial charge in [0.1, 0.15) is 0 Å². The van der Waals surface area contributed by atoms with Crippen molar-refractivity contribution in [2.24, 2.45) is 16.3 Å². The highest BCUT2D eigenvalue weighted by Gasteiger charge is 2.62. The molecule has 1 fully saturated rings. The summed E-state index contributed by atoms with van der Waals surface area (Å²) in [6.45, 7) is 1.03. The second kappa shape index (κ2) is 2.31. The molecule has 0 aromatic carbocycles. The van der Waals surface area contributed by atoms with E-state index in [9.17, 15) is 4.79 Å². The van der Waals surface area contributed by atoms with E-state index in [4.69, 9.17) is 0 Å². The van der Waals surface area contributed by atoms with Crippen LogP contribution in [0.5, 0.6) is 0 Å². The molecule has 76 valence electrons. The fraction of sp³-hybridized carbons (Fsp3) is 0.538. The molecule has 0 saturated heterocycles. The van der Waals surface area contributed by atoms with Gasteiger partial charge in [0.2, 0.25) is 0 Å². The van der Waals surface area contributed by atoms with E-state index in [0.717, 1.165) is 37.3 Å². The lowest BCUT2D eigenvalue weighted by atomic mass is 9.75. The van der Waals surface area contributed by atoms with Gasteiger partial charge in [0.15, 0.2) is 5.78 Å². The van der Waals surface area contributed by atoms with Crippen LogP contribution >= 0.6 is 0 Å². The Bertz CT molecular complexity index is 469. The van der Waals surface area contributed by atoms with E-state index >= 15 is 0 Å². The molecule has 1 saturated carbocycles. The molecule has 0 radical (unpaired) electrons. The Hall–Kier alpha value is -1.18. The van der Waals surface area contributed by atoms with Gasteiger partial charge in [-0.05, 0) is 31.3 Å². The van der Waals surface area contributed by atoms with Gasteiger partial charge in [-0.2, -0.15) is 0 Å². The second-order valence-corrected chi connectivity index (χ2v) is 5.25. The van der Waals surface area contributed by atoms with E-state index < -0.39 is 0 Å². The van der Waals surface area contributed by atoms with Crippen molar-refractivity contribution in [2.75, 3.05) is 6.54 Å². The Morgan fingerprint density at radius 2 is 2.40 bits per heavy atom. The van der Waals surface area contributed by atoms with Gasteiger partial charge in [0.05, 0.1) is 0 Å². The number of ketones is 1. The molecule has 1 aliphatic heterocycles. The van der Waals surface area contributed by atoms with Gasteiger partial charge < -0.3 is 0 Å². The number of rotatable bonds is 0. The Kier molecular flexibility index (Phi) is 1.24. The van der Waals surface area contributed by atoms with Gasteiger partial charge in [-0.15, -0.1) is 0 Å². The first kappa shape index (κ1) is 8.03. The highest BCUT2D eigenvalue weighted by atomic mass is 16.1. The number of carbonyl (C=O) groups excluding carboxylic acids is 1. The second-order valence-electron chi connectivity index (χ2n) is 5.25. The van der Waals surface area contributed by atoms with Gasteiger partial charge in [-0.3, -0.25) is 9.79 Å². The minimum absolute atomic E-state index is 0.266. The number of hydrogen-bond acceptors (Lipinski definition) is 2. The van der Waals surface area contributed by atoms with Crippen LogP contribution in [-0.4, -0.2) is 18.0 Å². The summed E-state index contributed by atoms with van der Waals surface area (Å²) in [4.78, 5) is 16.4. The number of aliphatic imine (C=N–C) groups is 1. The molecule has 1 spiro atoms. The standard InChI is InChI=1S/C13H13NO/c15-11-3-1-2-8-4-12-13(6-10(8)11)5-9(13)7-14-12/h1,3,9H,2,4-7H2. The zero-order valence-corrected chi connectivity index (χ0v) is 8.62. The SMILES string of the molecule is O=C1C=CCC2=C1CC13CC1CN=C3C2. The summed E-state index contributed by atoms with van der Waals surface area (Å²) in [5.74, 6) is 1.04. The Labute approximate surface area is 88.8 Å². The van der Waals surface area contributed by atoms with Crippen molar-refractivity contribution in [3.8, 4) is 0 Å². The summed E-state index contributed by atoms with van der Waals surface area (Å²) in [5.41, 5.74) is 4.24. The van der Waals surface area contributed by atoms with Crippen LogP contribution in [0.2, 0.25) is 0 Å². The molecule has 1 heterocycles. The summed E-state index contributed by atoms with van der Waals surface area (Å²) in [6.07, 6.45) is 8.00. The van der Waals surface area contributed by atoms with Crippen LogP contribution in [0, 0.1) is 11.3 Å². The summed E-state index contributed by atoms with van der Waals surface area (Å²) >= 11 is 0. The molecule has 2 nitrogen and oxygen atoms in total. The Morgan fingerprint density at radius 3 is 3.27 bits per heavy atom. The van der Waals surface area contributed by atoms with Gasteiger partial charge in [-0.25, -0.2) is 0 Å². The smallest absolute Gasteiger partial charge is 0.181 e. The maximum absolute atomic E-state index is 11.8. The predicted molar refractivity (Wildman–Crippen MR) is 57.9 cm³/mol. The van der Waals surface area contributed by atoms with Crippen LogP contribution in [0.3, 0.4) is 0 Å². The lowest BCUT2D eigenvalue weighted by Crippen LogP contribution is -2.26. The lowest BCUT2D eigenvalue weighted by Gasteiger charge is -2.28. The summed E-state index contributed by atoms with van der Waals surface area (Å²) in [6, 6.07) is 0. The molecule has 2 atom stereocenters. The van der Waals surface area contributed by atoms with Crippen LogP contribution in [0.1, 0.15) is 25.7 Å². The summed E-state index contributed by atoms with van der Waals surface area (Å²) in [7, 11) is 0. The molecular formula is C13H13NO. The molecule has 0 aromatic heterocycles. The molecule has 2 unspecified atom stereocenters. The van der Waals surface area contributed by atoms with Crippen LogP contribution in [0.15, 0.2) is 28.3 Å². The van der Waals surface area contributed by atoms with E-state index in [1.54, 1.807) is 6.08 Å². The first-order chi connectivity index (χ1) is 7.29. The highest BCUT2D eigenvalue weighted by molar-refractivity contribution is 6.10. The van der Waals surface area contributed by atoms with Crippen molar-refractivity contribution >= 4 is 11.5 Å². The van der Waals surface area contributed by atoms with Crippen LogP contribution in [-0.2, 0) is 4.79 Å². The number of carbonyl (C=O) groups is 1. The number of hydrogen-bond donors (Lipinski definition) is 0. The van der Waals surface area contributed by atoms with Crippen molar-refractivity contribution in [2.45, 2.75) is 25.7 Å². The normalized spacial score (nSPS) is 40.9. The maximum Gasteiger partial charge on any atom is 0.181 e. The fourth-order valence-electron chi connectivity index (χ4n) is 3.52. The zero-order valence-electron chi connectivity index (χ0n) is 8.62. The third-order valence-electron chi connectivity index (χ3n) is 4.54. The molecule has 0 bridgehead atoms. The summed E-state index contributed by atoms with van der Waals surface area (Å²) < 4.78 is 0. The van der Waals surface area contributed by atoms with E-state index in [1.165, 1.54) is 17.7 Å². The number of allylic oxidation sites excluding steroid dienone is 4. The van der Waals surface area contributed by atoms with E-state index in [2.05, 4.69) is 4.99 Å². The first-order valence-corrected chi connectivity index (χ1v) is 5.75. The van der Waals surface area contributed by atoms with Crippen molar-refractivity contribution < 1.29 is 4.79 Å². The largest absolute Gasteiger partial charge is 0.293 e. The van der Waals surface area contributed by atoms with Crippen molar-refractivity contribution in [1.29, 1.82) is 0 Å². The topological polar surface area (TPSA) is 29.4 Å². The molecule has 4 aliphatic rings. The average Bonchev–Trinajstić information content (AvgIpc) is 2.82. The molecule has 3 aliphatic carbocycles. The molecule has 2 heteroatoms. The first-order valence-electron chi connectivity index (χ1n) is 5.75. The predicted octanol–water partition coefficient (Wildman–Crippen LogP) is 2.07. The quantitative estimate of drug-likeness (QED) is 0.587. The fourth-order valence-corrected chi connectivity index (χ4v) is 3.52. The average molecular weight is 199 g/mol. The minimum Gasteiger partial charge on any atom is -0.293 e. The van der Waals surface area contributed by atoms with Crippen molar-refractivity contribution in [1.82, 2.24) is 0 Å². The molecule has 4 rings (SSSR count). The molecule has 0 amide bonds. The van der Waals surface area contributed by atoms with Gasteiger partial charge >= 0.3 is 0 Å². The lowest BCUT2D eigenvalue weighted by molar-refractivity contribution is -0.111. The van der Waals surface area contributed by atoms with Crippen LogP contribution in [0.25, 0.3) is 0 Å². The maximum atomic E-state index is 11.8. The van der Waals surface area contributed by atoms with Gasteiger partial charge in [0.25, 0.3) is 0 Å². The van der Waals surface area contributed by atoms with E-state index in [-0.39, 0.29) is 5.78 Å². The van der Waals surface area contributed by atoms with Crippen molar-refractivity contribution in [3.05, 3.63) is 23.3 Å². The third-order valence-corrected chi connectivity index (χ3v) is 4.54. The Morgan fingerprint density at radius 1 is 1.47 bits per heavy atom. The van der Waals surface area contributed by atoms with Crippen LogP contribution in [0.4, 0.5) is 0 Å². The van der Waals surface area contributed by atoms with Crippen molar-refractivity contribution in [3.63, 3.8) is 0 Å². The van der Waals surface area contributed by atoms with Gasteiger partial charge in [-0.1, -0.05) is 11.6 Å². The third kappa shape index (κ3) is 0.858. The monoisotopic (exact) mass is 199 g/mol. The molecular weight excluding hydrogens is 186 g/mol. The Balaban J connectivity index is 1.80. The molecule has 0 N–H and O–H groups in total. The number of nitrogens with zero attached hydrogens (tertiary/aromatic N) is 1. The van der Waals surface area contributed by atoms with E-state index in [1.807, 2.05) is 6.08 Å². The molecule has 0 aromatic rings. The zero-order chi connectivity index (χ0) is 10.0.